The van der Waals surface area contributed by atoms with Gasteiger partial charge in [-0.15, -0.1) is 0 Å². The molecule has 1 fully saturated rings. The Hall–Kier alpha value is -3.46. The Labute approximate surface area is 177 Å². The van der Waals surface area contributed by atoms with Gasteiger partial charge in [0.15, 0.2) is 11.5 Å². The van der Waals surface area contributed by atoms with Crippen LogP contribution in [0.2, 0.25) is 0 Å². The summed E-state index contributed by atoms with van der Waals surface area (Å²) in [6.45, 7) is 0.729. The van der Waals surface area contributed by atoms with Crippen molar-refractivity contribution in [2.45, 2.75) is 18.8 Å². The molecule has 0 atom stereocenters. The average molecular weight is 427 g/mol. The predicted molar refractivity (Wildman–Crippen MR) is 110 cm³/mol. The van der Waals surface area contributed by atoms with Crippen LogP contribution in [0.4, 0.5) is 9.18 Å². The second-order valence-corrected chi connectivity index (χ2v) is 7.45. The zero-order chi connectivity index (χ0) is 22.0. The largest absolute Gasteiger partial charge is 0.465 e. The lowest BCUT2D eigenvalue weighted by molar-refractivity contribution is 0.0940. The summed E-state index contributed by atoms with van der Waals surface area (Å²) in [5.41, 5.74) is 2.49. The van der Waals surface area contributed by atoms with Crippen LogP contribution in [0, 0.1) is 5.82 Å². The molecule has 2 amide bonds. The summed E-state index contributed by atoms with van der Waals surface area (Å²) in [5, 5.41) is 20.3. The fraction of sp³-hybridized carbons (Fsp3) is 0.318. The molecule has 1 saturated heterocycles. The van der Waals surface area contributed by atoms with E-state index in [1.807, 2.05) is 0 Å². The van der Waals surface area contributed by atoms with Crippen LogP contribution in [0.15, 0.2) is 40.8 Å². The number of likely N-dealkylation sites (tertiary alicyclic amines) is 1. The first-order valence-electron chi connectivity index (χ1n) is 10.0. The summed E-state index contributed by atoms with van der Waals surface area (Å²) in [4.78, 5) is 29.0. The molecule has 0 saturated carbocycles. The van der Waals surface area contributed by atoms with E-state index in [0.29, 0.717) is 48.5 Å². The summed E-state index contributed by atoms with van der Waals surface area (Å²) in [6.07, 6.45) is 0.387. The molecule has 0 unspecified atom stereocenters. The van der Waals surface area contributed by atoms with E-state index in [0.717, 1.165) is 5.56 Å². The van der Waals surface area contributed by atoms with Gasteiger partial charge in [-0.25, -0.2) is 14.2 Å². The van der Waals surface area contributed by atoms with Gasteiger partial charge in [-0.3, -0.25) is 4.79 Å². The van der Waals surface area contributed by atoms with E-state index < -0.39 is 17.8 Å². The summed E-state index contributed by atoms with van der Waals surface area (Å²) in [5.74, 6) is -0.595. The van der Waals surface area contributed by atoms with Gasteiger partial charge in [0.05, 0.1) is 12.2 Å². The highest BCUT2D eigenvalue weighted by Gasteiger charge is 2.26. The normalized spacial score (nSPS) is 14.7. The number of nitrogens with zero attached hydrogens (tertiary/aromatic N) is 2. The van der Waals surface area contributed by atoms with E-state index in [2.05, 4.69) is 10.3 Å². The van der Waals surface area contributed by atoms with Crippen molar-refractivity contribution >= 4 is 23.1 Å². The number of hydrogen-bond acceptors (Lipinski definition) is 5. The molecule has 3 N–H and O–H groups in total. The minimum atomic E-state index is -0.912. The van der Waals surface area contributed by atoms with Crippen LogP contribution >= 0.6 is 0 Å². The van der Waals surface area contributed by atoms with E-state index in [1.165, 1.54) is 17.0 Å². The molecule has 1 aliphatic heterocycles. The maximum atomic E-state index is 14.5. The Balaban J connectivity index is 1.54. The molecule has 0 spiro atoms. The van der Waals surface area contributed by atoms with Gasteiger partial charge < -0.3 is 24.8 Å². The molecular formula is C22H22FN3O5. The molecule has 0 aliphatic carbocycles. The first kappa shape index (κ1) is 20.8. The highest BCUT2D eigenvalue weighted by atomic mass is 19.1. The number of carboxylic acid groups (broad SMARTS) is 1. The van der Waals surface area contributed by atoms with Crippen molar-refractivity contribution in [3.63, 3.8) is 0 Å². The number of oxazole rings is 1. The number of halogens is 1. The molecule has 2 heterocycles. The Morgan fingerprint density at radius 1 is 1.16 bits per heavy atom. The maximum Gasteiger partial charge on any atom is 0.407 e. The molecule has 9 heteroatoms. The molecule has 4 rings (SSSR count). The van der Waals surface area contributed by atoms with Crippen LogP contribution in [-0.2, 0) is 0 Å². The topological polar surface area (TPSA) is 116 Å². The zero-order valence-electron chi connectivity index (χ0n) is 16.7. The third-order valence-electron chi connectivity index (χ3n) is 5.46. The Morgan fingerprint density at radius 3 is 2.55 bits per heavy atom. The lowest BCUT2D eigenvalue weighted by Crippen LogP contribution is -2.36. The molecule has 0 radical (unpaired) electrons. The van der Waals surface area contributed by atoms with E-state index in [1.54, 1.807) is 24.3 Å². The van der Waals surface area contributed by atoms with Crippen molar-refractivity contribution in [2.24, 2.45) is 0 Å². The highest BCUT2D eigenvalue weighted by Crippen LogP contribution is 2.32. The number of hydrogen-bond donors (Lipinski definition) is 3. The quantitative estimate of drug-likeness (QED) is 0.576. The zero-order valence-corrected chi connectivity index (χ0v) is 16.7. The van der Waals surface area contributed by atoms with Crippen LogP contribution in [0.3, 0.4) is 0 Å². The van der Waals surface area contributed by atoms with Crippen LogP contribution < -0.4 is 5.32 Å². The van der Waals surface area contributed by atoms with Gasteiger partial charge in [-0.05, 0) is 48.2 Å². The van der Waals surface area contributed by atoms with Gasteiger partial charge in [0, 0.05) is 25.6 Å². The van der Waals surface area contributed by atoms with Gasteiger partial charge in [-0.2, -0.15) is 0 Å². The number of nitrogens with one attached hydrogen (secondary N) is 1. The number of piperidine rings is 1. The second-order valence-electron chi connectivity index (χ2n) is 7.45. The highest BCUT2D eigenvalue weighted by molar-refractivity contribution is 5.95. The van der Waals surface area contributed by atoms with Gasteiger partial charge in [0.25, 0.3) is 5.91 Å². The van der Waals surface area contributed by atoms with Gasteiger partial charge in [0.1, 0.15) is 11.3 Å². The number of aliphatic hydroxyl groups is 1. The van der Waals surface area contributed by atoms with Gasteiger partial charge in [0.2, 0.25) is 0 Å². The number of amides is 2. The van der Waals surface area contributed by atoms with E-state index in [4.69, 9.17) is 14.6 Å². The number of aliphatic hydroxyl groups excluding tert-OH is 1. The average Bonchev–Trinajstić information content (AvgIpc) is 3.21. The third kappa shape index (κ3) is 4.36. The molecule has 1 aliphatic rings. The molecule has 0 bridgehead atoms. The van der Waals surface area contributed by atoms with Crippen LogP contribution in [0.1, 0.15) is 35.0 Å². The predicted octanol–water partition coefficient (Wildman–Crippen LogP) is 3.21. The summed E-state index contributed by atoms with van der Waals surface area (Å²) in [6, 6.07) is 9.72. The molecular weight excluding hydrogens is 405 g/mol. The Morgan fingerprint density at radius 2 is 1.87 bits per heavy atom. The monoisotopic (exact) mass is 427 g/mol. The molecule has 2 aromatic carbocycles. The molecule has 8 nitrogen and oxygen atoms in total. The SMILES string of the molecule is O=C(NCCO)c1ccc(-c2ccc3oc(C4CCN(C(=O)O)CC4)nc3c2)cc1F. The molecule has 1 aromatic heterocycles. The van der Waals surface area contributed by atoms with Crippen molar-refractivity contribution in [2.75, 3.05) is 26.2 Å². The number of benzene rings is 2. The van der Waals surface area contributed by atoms with Crippen LogP contribution in [0.25, 0.3) is 22.2 Å². The van der Waals surface area contributed by atoms with E-state index in [9.17, 15) is 14.0 Å². The number of carbonyl (C=O) groups is 2. The Bertz CT molecular complexity index is 1120. The van der Waals surface area contributed by atoms with Crippen molar-refractivity contribution in [3.8, 4) is 11.1 Å². The standard InChI is InChI=1S/C22H22FN3O5/c23-17-11-14(1-3-16(17)20(28)24-7-10-27)15-2-4-19-18(12-15)25-21(31-19)13-5-8-26(9-6-13)22(29)30/h1-4,11-13,27H,5-10H2,(H,24,28)(H,29,30). The summed E-state index contributed by atoms with van der Waals surface area (Å²) >= 11 is 0. The summed E-state index contributed by atoms with van der Waals surface area (Å²) in [7, 11) is 0. The van der Waals surface area contributed by atoms with Crippen LogP contribution in [-0.4, -0.2) is 58.3 Å². The number of fused-ring (bicyclic) bond motifs is 1. The summed E-state index contributed by atoms with van der Waals surface area (Å²) < 4.78 is 20.3. The second kappa shape index (κ2) is 8.73. The lowest BCUT2D eigenvalue weighted by Gasteiger charge is -2.28. The first-order chi connectivity index (χ1) is 15.0. The van der Waals surface area contributed by atoms with Gasteiger partial charge >= 0.3 is 6.09 Å². The fourth-order valence-corrected chi connectivity index (χ4v) is 3.76. The molecule has 31 heavy (non-hydrogen) atoms. The van der Waals surface area contributed by atoms with Crippen molar-refractivity contribution in [3.05, 3.63) is 53.7 Å². The minimum absolute atomic E-state index is 0.0561. The van der Waals surface area contributed by atoms with E-state index in [-0.39, 0.29) is 24.6 Å². The minimum Gasteiger partial charge on any atom is -0.465 e. The lowest BCUT2D eigenvalue weighted by atomic mass is 9.97. The van der Waals surface area contributed by atoms with Gasteiger partial charge in [-0.1, -0.05) is 12.1 Å². The molecule has 3 aromatic rings. The smallest absolute Gasteiger partial charge is 0.407 e. The molecule has 162 valence electrons. The number of aromatic nitrogens is 1. The fourth-order valence-electron chi connectivity index (χ4n) is 3.76. The van der Waals surface area contributed by atoms with E-state index >= 15 is 0 Å². The maximum absolute atomic E-state index is 14.5. The third-order valence-corrected chi connectivity index (χ3v) is 5.46. The van der Waals surface area contributed by atoms with Crippen molar-refractivity contribution in [1.29, 1.82) is 0 Å². The first-order valence-corrected chi connectivity index (χ1v) is 10.0. The van der Waals surface area contributed by atoms with Crippen molar-refractivity contribution < 1.29 is 28.6 Å². The number of rotatable bonds is 5. The number of carbonyl (C=O) groups excluding carboxylic acids is 1. The van der Waals surface area contributed by atoms with Crippen molar-refractivity contribution in [1.82, 2.24) is 15.2 Å². The Kier molecular flexibility index (Phi) is 5.85. The van der Waals surface area contributed by atoms with Crippen LogP contribution in [0.5, 0.6) is 0 Å².